The van der Waals surface area contributed by atoms with Gasteiger partial charge in [0, 0.05) is 10.8 Å². The maximum atomic E-state index is 13.0. The van der Waals surface area contributed by atoms with Gasteiger partial charge in [0.05, 0.1) is 34.6 Å². The molecule has 0 aliphatic heterocycles. The third kappa shape index (κ3) is 3.10. The van der Waals surface area contributed by atoms with Crippen LogP contribution >= 0.6 is 23.2 Å². The molecular weight excluding hydrogens is 403 g/mol. The van der Waals surface area contributed by atoms with E-state index in [1.807, 2.05) is 31.2 Å². The third-order valence-electron chi connectivity index (χ3n) is 4.18. The van der Waals surface area contributed by atoms with Gasteiger partial charge >= 0.3 is 0 Å². The molecule has 0 saturated heterocycles. The molecule has 8 heteroatoms. The standard InChI is InChI=1S/C20H14Cl2N2O4/c1-2-27-16-8-7-12(17-11-5-3-4-6-15(11)28-19(16)17)20(25)23-18-13(21)9-24(26)10-14(18)22/h3-10,26H,2H2,1H3. The van der Waals surface area contributed by atoms with Crippen molar-refractivity contribution in [2.75, 3.05) is 6.61 Å². The first-order valence-corrected chi connectivity index (χ1v) is 9.18. The van der Waals surface area contributed by atoms with E-state index in [2.05, 4.69) is 4.99 Å². The van der Waals surface area contributed by atoms with Crippen molar-refractivity contribution in [3.8, 4) is 5.75 Å². The van der Waals surface area contributed by atoms with Gasteiger partial charge in [-0.3, -0.25) is 4.79 Å². The molecule has 0 unspecified atom stereocenters. The molecule has 0 saturated carbocycles. The Balaban J connectivity index is 1.98. The number of para-hydroxylation sites is 1. The average molecular weight is 417 g/mol. The molecule has 2 aromatic carbocycles. The van der Waals surface area contributed by atoms with Gasteiger partial charge in [0.2, 0.25) is 0 Å². The number of carbonyl (C=O) groups excluding carboxylic acids is 1. The van der Waals surface area contributed by atoms with Crippen LogP contribution in [-0.4, -0.2) is 22.5 Å². The molecule has 1 amide bonds. The highest BCUT2D eigenvalue weighted by Gasteiger charge is 2.19. The fourth-order valence-electron chi connectivity index (χ4n) is 3.03. The average Bonchev–Trinajstić information content (AvgIpc) is 3.05. The fraction of sp³-hybridized carbons (Fsp3) is 0.100. The Morgan fingerprint density at radius 3 is 2.61 bits per heavy atom. The smallest absolute Gasteiger partial charge is 0.278 e. The van der Waals surface area contributed by atoms with Crippen molar-refractivity contribution in [2.24, 2.45) is 4.99 Å². The van der Waals surface area contributed by atoms with Crippen LogP contribution in [0.15, 0.2) is 58.2 Å². The summed E-state index contributed by atoms with van der Waals surface area (Å²) in [6.45, 7) is 2.33. The number of pyridine rings is 1. The number of halogens is 2. The summed E-state index contributed by atoms with van der Waals surface area (Å²) in [6, 6.07) is 10.7. The number of nitrogens with zero attached hydrogens (tertiary/aromatic N) is 2. The first-order chi connectivity index (χ1) is 13.5. The Labute approximate surface area is 169 Å². The Kier molecular flexibility index (Phi) is 4.75. The predicted molar refractivity (Wildman–Crippen MR) is 106 cm³/mol. The number of furan rings is 1. The highest BCUT2D eigenvalue weighted by Crippen LogP contribution is 2.37. The quantitative estimate of drug-likeness (QED) is 0.472. The maximum Gasteiger partial charge on any atom is 0.278 e. The fourth-order valence-corrected chi connectivity index (χ4v) is 3.56. The van der Waals surface area contributed by atoms with Crippen LogP contribution in [0.2, 0.25) is 10.0 Å². The zero-order valence-corrected chi connectivity index (χ0v) is 16.2. The van der Waals surface area contributed by atoms with Crippen LogP contribution in [0.5, 0.6) is 5.75 Å². The predicted octanol–water partition coefficient (Wildman–Crippen LogP) is 5.07. The van der Waals surface area contributed by atoms with Crippen molar-refractivity contribution in [2.45, 2.75) is 6.92 Å². The second-order valence-corrected chi connectivity index (χ2v) is 6.76. The molecule has 2 aromatic heterocycles. The summed E-state index contributed by atoms with van der Waals surface area (Å²) in [7, 11) is 0. The van der Waals surface area contributed by atoms with Gasteiger partial charge in [0.15, 0.2) is 11.3 Å². The number of benzene rings is 2. The number of hydrogen-bond acceptors (Lipinski definition) is 4. The van der Waals surface area contributed by atoms with E-state index in [1.165, 1.54) is 12.4 Å². The highest BCUT2D eigenvalue weighted by molar-refractivity contribution is 6.34. The van der Waals surface area contributed by atoms with Crippen molar-refractivity contribution >= 4 is 51.0 Å². The van der Waals surface area contributed by atoms with Gasteiger partial charge in [-0.2, -0.15) is 4.73 Å². The normalized spacial score (nSPS) is 11.1. The third-order valence-corrected chi connectivity index (χ3v) is 4.73. The lowest BCUT2D eigenvalue weighted by Crippen LogP contribution is -2.12. The first kappa shape index (κ1) is 18.4. The Bertz CT molecular complexity index is 1260. The molecule has 0 aliphatic rings. The van der Waals surface area contributed by atoms with Gasteiger partial charge in [-0.25, -0.2) is 4.99 Å². The van der Waals surface area contributed by atoms with E-state index in [-0.39, 0.29) is 15.4 Å². The monoisotopic (exact) mass is 416 g/mol. The number of rotatable bonds is 3. The zero-order chi connectivity index (χ0) is 19.8. The van der Waals surface area contributed by atoms with Crippen molar-refractivity contribution < 1.29 is 19.2 Å². The first-order valence-electron chi connectivity index (χ1n) is 8.42. The van der Waals surface area contributed by atoms with Crippen LogP contribution < -0.4 is 10.1 Å². The molecule has 1 N–H and O–H groups in total. The second kappa shape index (κ2) is 7.22. The molecule has 0 radical (unpaired) electrons. The molecule has 4 rings (SSSR count). The minimum absolute atomic E-state index is 0.0441. The Morgan fingerprint density at radius 2 is 1.89 bits per heavy atom. The summed E-state index contributed by atoms with van der Waals surface area (Å²) < 4.78 is 12.3. The topological polar surface area (TPSA) is 77.0 Å². The molecule has 6 nitrogen and oxygen atoms in total. The number of fused-ring (bicyclic) bond motifs is 3. The largest absolute Gasteiger partial charge is 0.490 e. The Hall–Kier alpha value is -2.96. The molecule has 0 aliphatic carbocycles. The van der Waals surface area contributed by atoms with Crippen molar-refractivity contribution in [1.82, 2.24) is 4.73 Å². The summed E-state index contributed by atoms with van der Waals surface area (Å²) in [4.78, 5) is 17.1. The van der Waals surface area contributed by atoms with Gasteiger partial charge in [-0.15, -0.1) is 0 Å². The number of amides is 1. The molecule has 28 heavy (non-hydrogen) atoms. The molecule has 0 bridgehead atoms. The Morgan fingerprint density at radius 1 is 1.18 bits per heavy atom. The molecule has 2 heterocycles. The van der Waals surface area contributed by atoms with Crippen LogP contribution in [0.1, 0.15) is 17.3 Å². The SMILES string of the molecule is CCOc1ccc(C(=O)N=c2c(Cl)cn(O)cc2Cl)c2c1oc1ccccc12. The molecular formula is C20H14Cl2N2O4. The van der Waals surface area contributed by atoms with Crippen LogP contribution in [-0.2, 0) is 0 Å². The number of hydrogen-bond donors (Lipinski definition) is 1. The second-order valence-electron chi connectivity index (χ2n) is 5.95. The minimum atomic E-state index is -0.543. The van der Waals surface area contributed by atoms with E-state index in [0.29, 0.717) is 39.2 Å². The van der Waals surface area contributed by atoms with Gasteiger partial charge < -0.3 is 14.4 Å². The van der Waals surface area contributed by atoms with E-state index < -0.39 is 5.91 Å². The van der Waals surface area contributed by atoms with Crippen LogP contribution in [0.3, 0.4) is 0 Å². The van der Waals surface area contributed by atoms with Crippen LogP contribution in [0, 0.1) is 0 Å². The minimum Gasteiger partial charge on any atom is -0.490 e. The molecule has 0 fully saturated rings. The molecule has 142 valence electrons. The van der Waals surface area contributed by atoms with E-state index in [4.69, 9.17) is 32.4 Å². The highest BCUT2D eigenvalue weighted by atomic mass is 35.5. The number of aromatic nitrogens is 1. The van der Waals surface area contributed by atoms with Crippen LogP contribution in [0.4, 0.5) is 0 Å². The zero-order valence-electron chi connectivity index (χ0n) is 14.6. The molecule has 0 atom stereocenters. The lowest BCUT2D eigenvalue weighted by Gasteiger charge is -2.06. The number of ether oxygens (including phenoxy) is 1. The summed E-state index contributed by atoms with van der Waals surface area (Å²) >= 11 is 12.2. The van der Waals surface area contributed by atoms with E-state index in [1.54, 1.807) is 12.1 Å². The van der Waals surface area contributed by atoms with E-state index in [0.717, 1.165) is 5.39 Å². The van der Waals surface area contributed by atoms with E-state index >= 15 is 0 Å². The lowest BCUT2D eigenvalue weighted by atomic mass is 10.1. The lowest BCUT2D eigenvalue weighted by molar-refractivity contribution is 0.0999. The summed E-state index contributed by atoms with van der Waals surface area (Å²) in [5.41, 5.74) is 1.44. The van der Waals surface area contributed by atoms with Crippen molar-refractivity contribution in [3.63, 3.8) is 0 Å². The van der Waals surface area contributed by atoms with Gasteiger partial charge in [-0.1, -0.05) is 41.4 Å². The van der Waals surface area contributed by atoms with Crippen LogP contribution in [0.25, 0.3) is 21.9 Å². The molecule has 4 aromatic rings. The summed E-state index contributed by atoms with van der Waals surface area (Å²) in [5.74, 6) is 0.00133. The number of carbonyl (C=O) groups is 1. The van der Waals surface area contributed by atoms with E-state index in [9.17, 15) is 10.0 Å². The van der Waals surface area contributed by atoms with Gasteiger partial charge in [-0.05, 0) is 25.1 Å². The van der Waals surface area contributed by atoms with Gasteiger partial charge in [0.1, 0.15) is 10.9 Å². The van der Waals surface area contributed by atoms with Gasteiger partial charge in [0.25, 0.3) is 5.91 Å². The maximum absolute atomic E-state index is 13.0. The summed E-state index contributed by atoms with van der Waals surface area (Å²) in [6.07, 6.45) is 2.39. The van der Waals surface area contributed by atoms with Crippen molar-refractivity contribution in [1.29, 1.82) is 0 Å². The van der Waals surface area contributed by atoms with Crippen molar-refractivity contribution in [3.05, 3.63) is 69.8 Å². The molecule has 0 spiro atoms. The summed E-state index contributed by atoms with van der Waals surface area (Å²) in [5, 5.41) is 11.0.